The number of nitrogens with zero attached hydrogens (tertiary/aromatic N) is 3. The molecule has 4 aliphatic carbocycles. The van der Waals surface area contributed by atoms with Gasteiger partial charge in [0.25, 0.3) is 5.91 Å². The van der Waals surface area contributed by atoms with Gasteiger partial charge in [-0.1, -0.05) is 0 Å². The molecule has 2 heterocycles. The quantitative estimate of drug-likeness (QED) is 0.680. The van der Waals surface area contributed by atoms with Crippen LogP contribution < -0.4 is 10.6 Å². The number of ether oxygens (including phenoxy) is 1. The predicted molar refractivity (Wildman–Crippen MR) is 108 cm³/mol. The van der Waals surface area contributed by atoms with E-state index in [1.807, 2.05) is 0 Å². The molecule has 3 unspecified atom stereocenters. The Hall–Kier alpha value is -2.42. The van der Waals surface area contributed by atoms with Crippen molar-refractivity contribution >= 4 is 17.9 Å². The van der Waals surface area contributed by atoms with Gasteiger partial charge in [0, 0.05) is 38.6 Å². The number of hydrogen-bond donors (Lipinski definition) is 3. The van der Waals surface area contributed by atoms with E-state index in [4.69, 9.17) is 4.74 Å². The Bertz CT molecular complexity index is 815. The number of hydrogen-bond acceptors (Lipinski definition) is 7. The molecule has 6 atom stereocenters. The van der Waals surface area contributed by atoms with Crippen molar-refractivity contribution in [1.82, 2.24) is 20.2 Å². The summed E-state index contributed by atoms with van der Waals surface area (Å²) >= 11 is 0. The summed E-state index contributed by atoms with van der Waals surface area (Å²) < 4.78 is 5.98. The first-order chi connectivity index (χ1) is 14.4. The minimum Gasteiger partial charge on any atom is -0.446 e. The average Bonchev–Trinajstić information content (AvgIpc) is 3.18. The summed E-state index contributed by atoms with van der Waals surface area (Å²) in [6.45, 7) is 1.16. The molecule has 6 rings (SSSR count). The van der Waals surface area contributed by atoms with Gasteiger partial charge in [-0.3, -0.25) is 4.79 Å². The molecule has 5 fully saturated rings. The van der Waals surface area contributed by atoms with Gasteiger partial charge < -0.3 is 25.4 Å². The van der Waals surface area contributed by atoms with Crippen LogP contribution in [0.3, 0.4) is 0 Å². The Kier molecular flexibility index (Phi) is 4.80. The Morgan fingerprint density at radius 1 is 1.20 bits per heavy atom. The van der Waals surface area contributed by atoms with Crippen molar-refractivity contribution in [3.8, 4) is 0 Å². The summed E-state index contributed by atoms with van der Waals surface area (Å²) in [5.74, 6) is 1.41. The molecule has 0 radical (unpaired) electrons. The number of anilines is 1. The fourth-order valence-corrected chi connectivity index (χ4v) is 6.21. The summed E-state index contributed by atoms with van der Waals surface area (Å²) in [5.41, 5.74) is -0.116. The number of likely N-dealkylation sites (tertiary alicyclic amines) is 1. The van der Waals surface area contributed by atoms with Gasteiger partial charge in [-0.15, -0.1) is 0 Å². The van der Waals surface area contributed by atoms with E-state index in [0.717, 1.165) is 38.5 Å². The zero-order valence-corrected chi connectivity index (χ0v) is 17.2. The van der Waals surface area contributed by atoms with E-state index in [9.17, 15) is 14.7 Å². The maximum absolute atomic E-state index is 12.8. The molecule has 4 bridgehead atoms. The average molecular weight is 415 g/mol. The molecule has 1 aromatic rings. The van der Waals surface area contributed by atoms with Gasteiger partial charge >= 0.3 is 6.09 Å². The molecule has 0 aromatic carbocycles. The van der Waals surface area contributed by atoms with Crippen LogP contribution >= 0.6 is 0 Å². The summed E-state index contributed by atoms with van der Waals surface area (Å²) in [6, 6.07) is 0.0441. The van der Waals surface area contributed by atoms with Gasteiger partial charge in [0.2, 0.25) is 5.95 Å². The van der Waals surface area contributed by atoms with Crippen molar-refractivity contribution in [2.24, 2.45) is 17.8 Å². The Balaban J connectivity index is 1.15. The summed E-state index contributed by atoms with van der Waals surface area (Å²) in [4.78, 5) is 34.5. The van der Waals surface area contributed by atoms with Crippen LogP contribution in [-0.4, -0.2) is 69.9 Å². The molecule has 1 saturated heterocycles. The van der Waals surface area contributed by atoms with E-state index in [1.54, 1.807) is 11.9 Å². The van der Waals surface area contributed by atoms with Crippen LogP contribution in [-0.2, 0) is 4.74 Å². The first-order valence-corrected chi connectivity index (χ1v) is 10.9. The molecule has 3 N–H and O–H groups in total. The minimum absolute atomic E-state index is 0.0441. The predicted octanol–water partition coefficient (Wildman–Crippen LogP) is 1.40. The molecule has 162 valence electrons. The first kappa shape index (κ1) is 19.5. The second kappa shape index (κ2) is 7.37. The smallest absolute Gasteiger partial charge is 0.410 e. The second-order valence-corrected chi connectivity index (χ2v) is 9.49. The molecule has 9 heteroatoms. The van der Waals surface area contributed by atoms with Gasteiger partial charge in [0.05, 0.1) is 11.2 Å². The third-order valence-corrected chi connectivity index (χ3v) is 7.31. The molecular formula is C21H29N5O4. The standard InChI is InChI=1S/C21H29N5O4/c1-22-18(27)15-9-23-19(24-10-15)25-16-2-3-26(11-16)20(28)30-17-13-4-12-5-14(17)8-21(29,6-12)7-13/h9-10,12-14,16-17,29H,2-8,11H2,1H3,(H,22,27)(H,23,24,25)/t12?,13-,14?,16+,17?,21-/m0/s1. The number of amides is 2. The van der Waals surface area contributed by atoms with Gasteiger partial charge in [-0.25, -0.2) is 14.8 Å². The third-order valence-electron chi connectivity index (χ3n) is 7.31. The van der Waals surface area contributed by atoms with Gasteiger partial charge in [-0.05, 0) is 56.3 Å². The molecule has 30 heavy (non-hydrogen) atoms. The first-order valence-electron chi connectivity index (χ1n) is 10.9. The Morgan fingerprint density at radius 3 is 2.53 bits per heavy atom. The van der Waals surface area contributed by atoms with Crippen LogP contribution in [0.2, 0.25) is 0 Å². The second-order valence-electron chi connectivity index (χ2n) is 9.49. The molecular weight excluding hydrogens is 386 g/mol. The van der Waals surface area contributed by atoms with Gasteiger partial charge in [-0.2, -0.15) is 0 Å². The third kappa shape index (κ3) is 3.59. The highest BCUT2D eigenvalue weighted by Crippen LogP contribution is 2.56. The summed E-state index contributed by atoms with van der Waals surface area (Å²) in [7, 11) is 1.56. The minimum atomic E-state index is -0.518. The summed E-state index contributed by atoms with van der Waals surface area (Å²) in [5, 5.41) is 16.5. The van der Waals surface area contributed by atoms with E-state index in [2.05, 4.69) is 20.6 Å². The van der Waals surface area contributed by atoms with E-state index in [-0.39, 0.29) is 24.1 Å². The molecule has 5 aliphatic rings. The van der Waals surface area contributed by atoms with E-state index >= 15 is 0 Å². The Labute approximate surface area is 175 Å². The lowest BCUT2D eigenvalue weighted by atomic mass is 9.53. The fraction of sp³-hybridized carbons (Fsp3) is 0.714. The van der Waals surface area contributed by atoms with Crippen LogP contribution in [0.4, 0.5) is 10.7 Å². The lowest BCUT2D eigenvalue weighted by Gasteiger charge is -2.57. The SMILES string of the molecule is CNC(=O)c1cnc(N[C@@H]2CCN(C(=O)OC3C4CC5C[C@H]3C[C@@](O)(C5)C4)C2)nc1. The Morgan fingerprint density at radius 2 is 1.90 bits per heavy atom. The fourth-order valence-electron chi connectivity index (χ4n) is 6.21. The van der Waals surface area contributed by atoms with E-state index < -0.39 is 5.60 Å². The van der Waals surface area contributed by atoms with E-state index in [0.29, 0.717) is 42.4 Å². The number of nitrogens with one attached hydrogen (secondary N) is 2. The lowest BCUT2D eigenvalue weighted by molar-refractivity contribution is -0.177. The van der Waals surface area contributed by atoms with Crippen LogP contribution in [0.1, 0.15) is 48.9 Å². The van der Waals surface area contributed by atoms with Gasteiger partial charge in [0.1, 0.15) is 6.10 Å². The summed E-state index contributed by atoms with van der Waals surface area (Å²) in [6.07, 6.45) is 8.05. The van der Waals surface area contributed by atoms with Crippen molar-refractivity contribution < 1.29 is 19.4 Å². The molecule has 0 spiro atoms. The highest BCUT2D eigenvalue weighted by molar-refractivity contribution is 5.93. The largest absolute Gasteiger partial charge is 0.446 e. The van der Waals surface area contributed by atoms with Crippen molar-refractivity contribution in [3.05, 3.63) is 18.0 Å². The van der Waals surface area contributed by atoms with Crippen LogP contribution in [0.15, 0.2) is 12.4 Å². The van der Waals surface area contributed by atoms with Gasteiger partial charge in [0.15, 0.2) is 0 Å². The molecule has 2 amide bonds. The zero-order chi connectivity index (χ0) is 20.9. The van der Waals surface area contributed by atoms with Crippen molar-refractivity contribution in [3.63, 3.8) is 0 Å². The molecule has 1 aliphatic heterocycles. The molecule has 9 nitrogen and oxygen atoms in total. The molecule has 1 aromatic heterocycles. The highest BCUT2D eigenvalue weighted by Gasteiger charge is 2.56. The van der Waals surface area contributed by atoms with Crippen molar-refractivity contribution in [2.75, 3.05) is 25.5 Å². The maximum atomic E-state index is 12.8. The van der Waals surface area contributed by atoms with Crippen LogP contribution in [0.25, 0.3) is 0 Å². The van der Waals surface area contributed by atoms with Crippen LogP contribution in [0, 0.1) is 17.8 Å². The van der Waals surface area contributed by atoms with Crippen molar-refractivity contribution in [1.29, 1.82) is 0 Å². The topological polar surface area (TPSA) is 117 Å². The number of rotatable bonds is 4. The van der Waals surface area contributed by atoms with E-state index in [1.165, 1.54) is 12.4 Å². The van der Waals surface area contributed by atoms with Crippen molar-refractivity contribution in [2.45, 2.75) is 56.3 Å². The number of carbonyl (C=O) groups is 2. The molecule has 4 saturated carbocycles. The van der Waals surface area contributed by atoms with Crippen LogP contribution in [0.5, 0.6) is 0 Å². The number of aromatic nitrogens is 2. The number of carbonyl (C=O) groups excluding carboxylic acids is 2. The normalized spacial score (nSPS) is 36.6. The monoisotopic (exact) mass is 415 g/mol. The highest BCUT2D eigenvalue weighted by atomic mass is 16.6. The maximum Gasteiger partial charge on any atom is 0.410 e. The number of aliphatic hydroxyl groups is 1. The zero-order valence-electron chi connectivity index (χ0n) is 17.2. The lowest BCUT2D eigenvalue weighted by Crippen LogP contribution is -2.58.